The average Bonchev–Trinajstić information content (AvgIpc) is 3.46. The van der Waals surface area contributed by atoms with E-state index in [0.717, 1.165) is 38.7 Å². The summed E-state index contributed by atoms with van der Waals surface area (Å²) in [5.74, 6) is 2.45. The summed E-state index contributed by atoms with van der Waals surface area (Å²) in [7, 11) is 0. The lowest BCUT2D eigenvalue weighted by Crippen LogP contribution is -2.29. The van der Waals surface area contributed by atoms with Gasteiger partial charge in [0.15, 0.2) is 5.11 Å². The second-order valence-electron chi connectivity index (χ2n) is 7.63. The summed E-state index contributed by atoms with van der Waals surface area (Å²) in [6.07, 6.45) is 1.80. The van der Waals surface area contributed by atoms with Crippen LogP contribution < -0.4 is 15.0 Å². The maximum Gasteiger partial charge on any atom is 0.174 e. The molecule has 4 aromatic rings. The van der Waals surface area contributed by atoms with Crippen LogP contribution in [0.5, 0.6) is 5.75 Å². The molecule has 2 atom stereocenters. The molecule has 0 bridgehead atoms. The van der Waals surface area contributed by atoms with Gasteiger partial charge in [0.25, 0.3) is 0 Å². The third kappa shape index (κ3) is 4.38. The molecule has 1 aliphatic rings. The smallest absolute Gasteiger partial charge is 0.174 e. The van der Waals surface area contributed by atoms with E-state index in [-0.39, 0.29) is 12.1 Å². The average molecular weight is 520 g/mol. The molecule has 1 N–H and O–H groups in total. The summed E-state index contributed by atoms with van der Waals surface area (Å²) < 4.78 is 13.0. The topological polar surface area (TPSA) is 50.5 Å². The Bertz CT molecular complexity index is 1240. The van der Waals surface area contributed by atoms with Crippen LogP contribution in [-0.2, 0) is 0 Å². The zero-order valence-corrected chi connectivity index (χ0v) is 20.3. The van der Waals surface area contributed by atoms with Gasteiger partial charge < -0.3 is 19.4 Å². The summed E-state index contributed by atoms with van der Waals surface area (Å²) in [5.41, 5.74) is 2.88. The van der Waals surface area contributed by atoms with Crippen LogP contribution in [0, 0.1) is 0 Å². The third-order valence-corrected chi connectivity index (χ3v) is 6.41. The van der Waals surface area contributed by atoms with Gasteiger partial charge in [-0.3, -0.25) is 4.98 Å². The van der Waals surface area contributed by atoms with Gasteiger partial charge in [-0.1, -0.05) is 22.0 Å². The standard InChI is InChI=1S/C26H22BrN3O2S/c1-2-31-20-12-6-17(7-13-20)22-14-15-23(32-22)25-24(21-5-3-4-16-28-21)29-26(33)30(25)19-10-8-18(27)9-11-19/h3-16,24-25H,2H2,1H3,(H,29,33)/t24-,25+/m1/s1. The predicted molar refractivity (Wildman–Crippen MR) is 137 cm³/mol. The lowest BCUT2D eigenvalue weighted by atomic mass is 10.0. The van der Waals surface area contributed by atoms with E-state index in [1.807, 2.05) is 85.8 Å². The highest BCUT2D eigenvalue weighted by atomic mass is 79.9. The zero-order valence-electron chi connectivity index (χ0n) is 17.9. The quantitative estimate of drug-likeness (QED) is 0.286. The summed E-state index contributed by atoms with van der Waals surface area (Å²) in [5, 5.41) is 4.10. The fourth-order valence-electron chi connectivity index (χ4n) is 4.07. The van der Waals surface area contributed by atoms with Crippen LogP contribution in [-0.4, -0.2) is 16.7 Å². The molecule has 5 rings (SSSR count). The first kappa shape index (κ1) is 21.7. The molecule has 7 heteroatoms. The monoisotopic (exact) mass is 519 g/mol. The van der Waals surface area contributed by atoms with Crippen molar-refractivity contribution >= 4 is 38.9 Å². The van der Waals surface area contributed by atoms with Crippen molar-refractivity contribution in [3.63, 3.8) is 0 Å². The van der Waals surface area contributed by atoms with E-state index in [0.29, 0.717) is 11.7 Å². The van der Waals surface area contributed by atoms with Crippen LogP contribution in [0.25, 0.3) is 11.3 Å². The van der Waals surface area contributed by atoms with Gasteiger partial charge in [0.1, 0.15) is 23.3 Å². The maximum atomic E-state index is 6.41. The minimum absolute atomic E-state index is 0.151. The number of hydrogen-bond acceptors (Lipinski definition) is 4. The Morgan fingerprint density at radius 3 is 2.52 bits per heavy atom. The number of hydrogen-bond donors (Lipinski definition) is 1. The Morgan fingerprint density at radius 2 is 1.82 bits per heavy atom. The Balaban J connectivity index is 1.54. The molecular formula is C26H22BrN3O2S. The van der Waals surface area contributed by atoms with Gasteiger partial charge in [-0.25, -0.2) is 0 Å². The second kappa shape index (κ2) is 9.37. The van der Waals surface area contributed by atoms with E-state index >= 15 is 0 Å². The molecule has 0 aliphatic carbocycles. The molecule has 0 unspecified atom stereocenters. The van der Waals surface area contributed by atoms with Gasteiger partial charge in [0.05, 0.1) is 18.3 Å². The van der Waals surface area contributed by atoms with Crippen molar-refractivity contribution in [2.24, 2.45) is 0 Å². The van der Waals surface area contributed by atoms with Crippen LogP contribution in [0.3, 0.4) is 0 Å². The number of benzene rings is 2. The molecule has 5 nitrogen and oxygen atoms in total. The molecule has 1 aliphatic heterocycles. The SMILES string of the molecule is CCOc1ccc(-c2ccc([C@H]3[C@@H](c4ccccn4)NC(=S)N3c3ccc(Br)cc3)o2)cc1. The molecule has 1 saturated heterocycles. The van der Waals surface area contributed by atoms with Crippen molar-refractivity contribution in [2.75, 3.05) is 11.5 Å². The summed E-state index contributed by atoms with van der Waals surface area (Å²) >= 11 is 9.29. The fraction of sp³-hybridized carbons (Fsp3) is 0.154. The molecule has 33 heavy (non-hydrogen) atoms. The number of anilines is 1. The maximum absolute atomic E-state index is 6.41. The van der Waals surface area contributed by atoms with Gasteiger partial charge in [-0.15, -0.1) is 0 Å². The number of rotatable bonds is 6. The van der Waals surface area contributed by atoms with Crippen LogP contribution >= 0.6 is 28.1 Å². The largest absolute Gasteiger partial charge is 0.494 e. The lowest BCUT2D eigenvalue weighted by molar-refractivity contribution is 0.340. The first-order chi connectivity index (χ1) is 16.1. The highest BCUT2D eigenvalue weighted by Crippen LogP contribution is 2.43. The molecule has 0 radical (unpaired) electrons. The Labute approximate surface area is 206 Å². The number of aromatic nitrogens is 1. The van der Waals surface area contributed by atoms with Crippen molar-refractivity contribution in [1.29, 1.82) is 0 Å². The Kier molecular flexibility index (Phi) is 6.15. The van der Waals surface area contributed by atoms with Crippen molar-refractivity contribution < 1.29 is 9.15 Å². The van der Waals surface area contributed by atoms with Gasteiger partial charge in [0, 0.05) is 21.9 Å². The van der Waals surface area contributed by atoms with Crippen molar-refractivity contribution in [3.05, 3.63) is 101 Å². The molecule has 2 aromatic carbocycles. The molecule has 0 saturated carbocycles. The van der Waals surface area contributed by atoms with Gasteiger partial charge in [-0.05, 0) is 91.9 Å². The lowest BCUT2D eigenvalue weighted by Gasteiger charge is -2.26. The van der Waals surface area contributed by atoms with Crippen LogP contribution in [0.2, 0.25) is 0 Å². The number of ether oxygens (including phenoxy) is 1. The molecule has 3 heterocycles. The normalized spacial score (nSPS) is 17.8. The Hall–Kier alpha value is -3.16. The highest BCUT2D eigenvalue weighted by molar-refractivity contribution is 9.10. The van der Waals surface area contributed by atoms with Crippen molar-refractivity contribution in [2.45, 2.75) is 19.0 Å². The van der Waals surface area contributed by atoms with Crippen LogP contribution in [0.1, 0.15) is 30.5 Å². The van der Waals surface area contributed by atoms with Gasteiger partial charge in [0.2, 0.25) is 0 Å². The summed E-state index contributed by atoms with van der Waals surface area (Å²) in [4.78, 5) is 6.69. The van der Waals surface area contributed by atoms with E-state index in [2.05, 4.69) is 31.1 Å². The van der Waals surface area contributed by atoms with E-state index in [4.69, 9.17) is 21.4 Å². The molecule has 0 spiro atoms. The number of halogens is 1. The van der Waals surface area contributed by atoms with Gasteiger partial charge >= 0.3 is 0 Å². The Morgan fingerprint density at radius 1 is 1.03 bits per heavy atom. The minimum Gasteiger partial charge on any atom is -0.494 e. The zero-order chi connectivity index (χ0) is 22.8. The predicted octanol–water partition coefficient (Wildman–Crippen LogP) is 6.68. The van der Waals surface area contributed by atoms with Crippen LogP contribution in [0.15, 0.2) is 93.9 Å². The number of thiocarbonyl (C=S) groups is 1. The summed E-state index contributed by atoms with van der Waals surface area (Å²) in [6, 6.07) is 25.6. The van der Waals surface area contributed by atoms with Crippen molar-refractivity contribution in [1.82, 2.24) is 10.3 Å². The van der Waals surface area contributed by atoms with E-state index < -0.39 is 0 Å². The van der Waals surface area contributed by atoms with Crippen molar-refractivity contribution in [3.8, 4) is 17.1 Å². The summed E-state index contributed by atoms with van der Waals surface area (Å²) in [6.45, 7) is 2.61. The third-order valence-electron chi connectivity index (χ3n) is 5.57. The number of nitrogens with one attached hydrogen (secondary N) is 1. The number of pyridine rings is 1. The molecule has 2 aromatic heterocycles. The van der Waals surface area contributed by atoms with Crippen LogP contribution in [0.4, 0.5) is 5.69 Å². The number of nitrogens with zero attached hydrogens (tertiary/aromatic N) is 2. The molecule has 0 amide bonds. The van der Waals surface area contributed by atoms with Gasteiger partial charge in [-0.2, -0.15) is 0 Å². The highest BCUT2D eigenvalue weighted by Gasteiger charge is 2.42. The van der Waals surface area contributed by atoms with E-state index in [1.165, 1.54) is 0 Å². The van der Waals surface area contributed by atoms with E-state index in [9.17, 15) is 0 Å². The first-order valence-electron chi connectivity index (χ1n) is 10.7. The minimum atomic E-state index is -0.190. The molecular weight excluding hydrogens is 498 g/mol. The van der Waals surface area contributed by atoms with E-state index in [1.54, 1.807) is 6.20 Å². The fourth-order valence-corrected chi connectivity index (χ4v) is 4.68. The number of furan rings is 1. The molecule has 1 fully saturated rings. The molecule has 166 valence electrons. The second-order valence-corrected chi connectivity index (χ2v) is 8.93. The first-order valence-corrected chi connectivity index (χ1v) is 11.9.